The summed E-state index contributed by atoms with van der Waals surface area (Å²) in [5.74, 6) is -0.389. The van der Waals surface area contributed by atoms with E-state index in [-0.39, 0.29) is 30.2 Å². The second kappa shape index (κ2) is 8.24. The van der Waals surface area contributed by atoms with Crippen LogP contribution in [0.15, 0.2) is 41.6 Å². The smallest absolute Gasteiger partial charge is 0.254 e. The standard InChI is InChI=1S/C22H23N3O3/c1-14-9-16(22(27)25-12-18(24-28-3)10-19(25)13-26)7-8-20(14)21-6-4-5-17(11-23)15(21)2/h4-9,19,26H,10,12-13H2,1-3H3/b24-18+/t19-/m0/s1/i1D3. The Morgan fingerprint density at radius 1 is 1.43 bits per heavy atom. The van der Waals surface area contributed by atoms with Crippen molar-refractivity contribution in [2.45, 2.75) is 26.2 Å². The molecule has 0 saturated carbocycles. The van der Waals surface area contributed by atoms with Crippen molar-refractivity contribution in [3.63, 3.8) is 0 Å². The molecule has 0 aromatic heterocycles. The largest absolute Gasteiger partial charge is 0.399 e. The third-order valence-corrected chi connectivity index (χ3v) is 4.97. The van der Waals surface area contributed by atoms with Gasteiger partial charge in [0.1, 0.15) is 7.11 Å². The summed E-state index contributed by atoms with van der Waals surface area (Å²) in [6.45, 7) is -0.737. The number of benzene rings is 2. The highest BCUT2D eigenvalue weighted by molar-refractivity contribution is 6.01. The summed E-state index contributed by atoms with van der Waals surface area (Å²) in [6, 6.07) is 11.4. The molecule has 6 heteroatoms. The van der Waals surface area contributed by atoms with Crippen LogP contribution in [0.2, 0.25) is 0 Å². The summed E-state index contributed by atoms with van der Waals surface area (Å²) in [6.07, 6.45) is 0.389. The summed E-state index contributed by atoms with van der Waals surface area (Å²) >= 11 is 0. The molecule has 0 bridgehead atoms. The lowest BCUT2D eigenvalue weighted by atomic mass is 9.93. The van der Waals surface area contributed by atoms with E-state index in [1.165, 1.54) is 18.1 Å². The van der Waals surface area contributed by atoms with Gasteiger partial charge in [0, 0.05) is 16.1 Å². The summed E-state index contributed by atoms with van der Waals surface area (Å²) in [7, 11) is 1.41. The molecule has 3 rings (SSSR count). The maximum Gasteiger partial charge on any atom is 0.254 e. The molecule has 2 aromatic rings. The Labute approximate surface area is 168 Å². The van der Waals surface area contributed by atoms with Crippen LogP contribution in [0.25, 0.3) is 11.1 Å². The first-order valence-electron chi connectivity index (χ1n) is 10.4. The average molecular weight is 380 g/mol. The molecule has 2 aromatic carbocycles. The maximum absolute atomic E-state index is 13.2. The number of hydrogen-bond donors (Lipinski definition) is 1. The minimum Gasteiger partial charge on any atom is -0.399 e. The number of aliphatic hydroxyl groups excluding tert-OH is 1. The third kappa shape index (κ3) is 3.62. The van der Waals surface area contributed by atoms with Gasteiger partial charge in [0.25, 0.3) is 5.91 Å². The van der Waals surface area contributed by atoms with Gasteiger partial charge in [-0.2, -0.15) is 5.26 Å². The zero-order valence-corrected chi connectivity index (χ0v) is 15.8. The van der Waals surface area contributed by atoms with E-state index in [2.05, 4.69) is 11.2 Å². The molecule has 1 atom stereocenters. The second-order valence-corrected chi connectivity index (χ2v) is 6.66. The molecule has 1 N–H and O–H groups in total. The highest BCUT2D eigenvalue weighted by Gasteiger charge is 2.33. The molecule has 1 aliphatic rings. The van der Waals surface area contributed by atoms with Crippen molar-refractivity contribution in [2.75, 3.05) is 20.3 Å². The number of carbonyl (C=O) groups is 1. The lowest BCUT2D eigenvalue weighted by Crippen LogP contribution is -2.37. The van der Waals surface area contributed by atoms with Crippen LogP contribution in [0.3, 0.4) is 0 Å². The number of nitriles is 1. The molecule has 0 unspecified atom stereocenters. The average Bonchev–Trinajstić information content (AvgIpc) is 3.15. The molecule has 1 saturated heterocycles. The van der Waals surface area contributed by atoms with Crippen LogP contribution in [0.5, 0.6) is 0 Å². The molecule has 0 spiro atoms. The van der Waals surface area contributed by atoms with E-state index in [1.54, 1.807) is 37.3 Å². The van der Waals surface area contributed by atoms with Gasteiger partial charge in [0.05, 0.1) is 36.5 Å². The van der Waals surface area contributed by atoms with Crippen molar-refractivity contribution in [1.82, 2.24) is 4.90 Å². The lowest BCUT2D eigenvalue weighted by molar-refractivity contribution is 0.0680. The highest BCUT2D eigenvalue weighted by atomic mass is 16.6. The molecule has 144 valence electrons. The van der Waals surface area contributed by atoms with Crippen molar-refractivity contribution >= 4 is 11.6 Å². The van der Waals surface area contributed by atoms with E-state index < -0.39 is 12.9 Å². The van der Waals surface area contributed by atoms with Crippen molar-refractivity contribution in [1.29, 1.82) is 5.26 Å². The molecule has 1 aliphatic heterocycles. The van der Waals surface area contributed by atoms with Gasteiger partial charge in [-0.25, -0.2) is 0 Å². The van der Waals surface area contributed by atoms with Crippen molar-refractivity contribution < 1.29 is 18.9 Å². The van der Waals surface area contributed by atoms with Crippen LogP contribution in [-0.2, 0) is 4.84 Å². The molecule has 6 nitrogen and oxygen atoms in total. The minimum atomic E-state index is -2.47. The topological polar surface area (TPSA) is 85.9 Å². The Morgan fingerprint density at radius 2 is 2.25 bits per heavy atom. The lowest BCUT2D eigenvalue weighted by Gasteiger charge is -2.23. The van der Waals surface area contributed by atoms with Crippen LogP contribution >= 0.6 is 0 Å². The molecule has 1 fully saturated rings. The van der Waals surface area contributed by atoms with Gasteiger partial charge >= 0.3 is 0 Å². The third-order valence-electron chi connectivity index (χ3n) is 4.97. The number of likely N-dealkylation sites (tertiary alicyclic amines) is 1. The Bertz CT molecular complexity index is 1070. The van der Waals surface area contributed by atoms with E-state index in [0.29, 0.717) is 34.4 Å². The predicted molar refractivity (Wildman–Crippen MR) is 107 cm³/mol. The fraction of sp³-hybridized carbons (Fsp3) is 0.318. The van der Waals surface area contributed by atoms with Crippen LogP contribution in [-0.4, -0.2) is 47.9 Å². The number of aliphatic hydroxyl groups is 1. The van der Waals surface area contributed by atoms with Crippen LogP contribution in [0.1, 0.15) is 37.6 Å². The first-order chi connectivity index (χ1) is 14.7. The van der Waals surface area contributed by atoms with E-state index in [9.17, 15) is 15.2 Å². The van der Waals surface area contributed by atoms with Crippen LogP contribution < -0.4 is 0 Å². The number of hydrogen-bond acceptors (Lipinski definition) is 5. The number of rotatable bonds is 4. The van der Waals surface area contributed by atoms with Gasteiger partial charge in [0.15, 0.2) is 0 Å². The van der Waals surface area contributed by atoms with Gasteiger partial charge < -0.3 is 14.8 Å². The molecule has 0 radical (unpaired) electrons. The Kier molecular flexibility index (Phi) is 4.66. The van der Waals surface area contributed by atoms with Gasteiger partial charge in [-0.05, 0) is 54.2 Å². The maximum atomic E-state index is 13.2. The van der Waals surface area contributed by atoms with Gasteiger partial charge in [-0.1, -0.05) is 23.4 Å². The summed E-state index contributed by atoms with van der Waals surface area (Å²) in [5.41, 5.74) is 3.09. The second-order valence-electron chi connectivity index (χ2n) is 6.66. The zero-order valence-electron chi connectivity index (χ0n) is 18.8. The van der Waals surface area contributed by atoms with E-state index in [0.717, 1.165) is 0 Å². The first-order valence-corrected chi connectivity index (χ1v) is 8.86. The molecule has 1 amide bonds. The quantitative estimate of drug-likeness (QED) is 0.826. The molecule has 0 aliphatic carbocycles. The first kappa shape index (κ1) is 15.8. The molecular formula is C22H23N3O3. The zero-order chi connectivity index (χ0) is 22.8. The van der Waals surface area contributed by atoms with Gasteiger partial charge in [-0.15, -0.1) is 0 Å². The van der Waals surface area contributed by atoms with E-state index in [4.69, 9.17) is 8.95 Å². The summed E-state index contributed by atoms with van der Waals surface area (Å²) in [4.78, 5) is 19.4. The fourth-order valence-corrected chi connectivity index (χ4v) is 3.49. The fourth-order valence-electron chi connectivity index (χ4n) is 3.49. The Balaban J connectivity index is 2.06. The molecular weight excluding hydrogens is 354 g/mol. The van der Waals surface area contributed by atoms with E-state index >= 15 is 0 Å². The van der Waals surface area contributed by atoms with Gasteiger partial charge in [0.2, 0.25) is 0 Å². The van der Waals surface area contributed by atoms with Crippen molar-refractivity contribution in [3.05, 3.63) is 58.7 Å². The monoisotopic (exact) mass is 380 g/mol. The van der Waals surface area contributed by atoms with E-state index in [1.807, 2.05) is 0 Å². The van der Waals surface area contributed by atoms with Crippen molar-refractivity contribution in [3.8, 4) is 17.2 Å². The Hall–Kier alpha value is -3.17. The highest BCUT2D eigenvalue weighted by Crippen LogP contribution is 2.30. The van der Waals surface area contributed by atoms with Crippen molar-refractivity contribution in [2.24, 2.45) is 5.16 Å². The SMILES string of the molecule is [2H]C([2H])([2H])c1cc(C(=O)N2C/C(=N/OC)C[C@H]2CO)ccc1-c1cccc(C#N)c1C. The molecule has 28 heavy (non-hydrogen) atoms. The number of carbonyl (C=O) groups excluding carboxylic acids is 1. The number of aryl methyl sites for hydroxylation is 1. The van der Waals surface area contributed by atoms with Crippen LogP contribution in [0, 0.1) is 25.1 Å². The predicted octanol–water partition coefficient (Wildman–Crippen LogP) is 3.05. The summed E-state index contributed by atoms with van der Waals surface area (Å²) < 4.78 is 24.0. The Morgan fingerprint density at radius 3 is 2.93 bits per heavy atom. The normalized spacial score (nSPS) is 19.6. The minimum absolute atomic E-state index is 0.0297. The molecule has 1 heterocycles. The van der Waals surface area contributed by atoms with Crippen LogP contribution in [0.4, 0.5) is 0 Å². The number of amides is 1. The number of nitrogens with zero attached hydrogens (tertiary/aromatic N) is 3. The number of oxime groups is 1. The van der Waals surface area contributed by atoms with Gasteiger partial charge in [-0.3, -0.25) is 4.79 Å². The summed E-state index contributed by atoms with van der Waals surface area (Å²) in [5, 5.41) is 22.9.